The Labute approximate surface area is 153 Å². The molecule has 1 heterocycles. The summed E-state index contributed by atoms with van der Waals surface area (Å²) in [6, 6.07) is 14.2. The number of hydrogen-bond donors (Lipinski definition) is 1. The average Bonchev–Trinajstić information content (AvgIpc) is 3.09. The maximum absolute atomic E-state index is 13.2. The van der Waals surface area contributed by atoms with Crippen molar-refractivity contribution in [1.29, 1.82) is 0 Å². The van der Waals surface area contributed by atoms with Gasteiger partial charge < -0.3 is 5.32 Å². The fourth-order valence-electron chi connectivity index (χ4n) is 3.36. The molecule has 0 bridgehead atoms. The summed E-state index contributed by atoms with van der Waals surface area (Å²) < 4.78 is 26.1. The normalized spacial score (nSPS) is 17.4. The highest BCUT2D eigenvalue weighted by Gasteiger charge is 2.22. The lowest BCUT2D eigenvalue weighted by Crippen LogP contribution is -2.31. The van der Waals surface area contributed by atoms with Gasteiger partial charge in [-0.05, 0) is 48.6 Å². The summed E-state index contributed by atoms with van der Waals surface area (Å²) in [5.41, 5.74) is 1.94. The monoisotopic (exact) mass is 358 g/mol. The second-order valence-corrected chi connectivity index (χ2v) is 6.93. The van der Waals surface area contributed by atoms with Gasteiger partial charge in [-0.15, -0.1) is 0 Å². The van der Waals surface area contributed by atoms with Crippen LogP contribution in [0.3, 0.4) is 0 Å². The van der Waals surface area contributed by atoms with Crippen molar-refractivity contribution in [2.24, 2.45) is 5.92 Å². The second-order valence-electron chi connectivity index (χ2n) is 6.93. The molecule has 2 aromatic rings. The molecule has 1 aliphatic heterocycles. The number of benzene rings is 2. The van der Waals surface area contributed by atoms with Gasteiger partial charge in [0, 0.05) is 26.1 Å². The van der Waals surface area contributed by atoms with Crippen LogP contribution in [0, 0.1) is 17.6 Å². The zero-order valence-corrected chi connectivity index (χ0v) is 14.8. The van der Waals surface area contributed by atoms with E-state index in [0.29, 0.717) is 24.4 Å². The zero-order valence-electron chi connectivity index (χ0n) is 14.8. The molecule has 5 heteroatoms. The number of hydrogen-bond acceptors (Lipinski definition) is 2. The predicted octanol–water partition coefficient (Wildman–Crippen LogP) is 3.54. The first-order valence-electron chi connectivity index (χ1n) is 9.07. The summed E-state index contributed by atoms with van der Waals surface area (Å²) in [6.07, 6.45) is 1.77. The summed E-state index contributed by atoms with van der Waals surface area (Å²) in [6.45, 7) is 3.64. The topological polar surface area (TPSA) is 32.3 Å². The Morgan fingerprint density at radius 1 is 1.08 bits per heavy atom. The van der Waals surface area contributed by atoms with Crippen molar-refractivity contribution < 1.29 is 13.6 Å². The number of nitrogens with zero attached hydrogens (tertiary/aromatic N) is 1. The molecule has 2 aromatic carbocycles. The van der Waals surface area contributed by atoms with Crippen LogP contribution in [0.15, 0.2) is 48.5 Å². The van der Waals surface area contributed by atoms with Gasteiger partial charge in [-0.1, -0.05) is 36.4 Å². The molecule has 1 aliphatic rings. The van der Waals surface area contributed by atoms with Gasteiger partial charge in [0.2, 0.25) is 5.91 Å². The van der Waals surface area contributed by atoms with Crippen LogP contribution in [-0.2, 0) is 17.8 Å². The van der Waals surface area contributed by atoms with Crippen molar-refractivity contribution in [3.05, 3.63) is 71.3 Å². The van der Waals surface area contributed by atoms with Crippen molar-refractivity contribution in [2.45, 2.75) is 25.8 Å². The maximum Gasteiger partial charge on any atom is 0.220 e. The van der Waals surface area contributed by atoms with E-state index < -0.39 is 11.6 Å². The number of likely N-dealkylation sites (tertiary alicyclic amines) is 1. The Hall–Kier alpha value is -2.27. The molecule has 3 rings (SSSR count). The van der Waals surface area contributed by atoms with E-state index in [1.165, 1.54) is 11.6 Å². The van der Waals surface area contributed by atoms with Gasteiger partial charge in [0.25, 0.3) is 0 Å². The number of carbonyl (C=O) groups is 1. The fourth-order valence-corrected chi connectivity index (χ4v) is 3.36. The molecule has 0 unspecified atom stereocenters. The summed E-state index contributed by atoms with van der Waals surface area (Å²) in [4.78, 5) is 14.4. The number of halogens is 2. The van der Waals surface area contributed by atoms with Crippen molar-refractivity contribution in [2.75, 3.05) is 19.6 Å². The quantitative estimate of drug-likeness (QED) is 0.821. The molecule has 0 saturated carbocycles. The standard InChI is InChI=1S/C21H24F2N2O/c22-19-8-6-16(12-20(19)23)7-9-21(26)24-13-18-10-11-25(15-18)14-17-4-2-1-3-5-17/h1-6,8,12,18H,7,9-11,13-15H2,(H,24,26)/t18-/m1/s1. The van der Waals surface area contributed by atoms with Crippen molar-refractivity contribution in [3.63, 3.8) is 0 Å². The molecule has 26 heavy (non-hydrogen) atoms. The maximum atomic E-state index is 13.2. The molecule has 1 N–H and O–H groups in total. The molecular formula is C21H24F2N2O. The van der Waals surface area contributed by atoms with Gasteiger partial charge in [0.05, 0.1) is 0 Å². The average molecular weight is 358 g/mol. The van der Waals surface area contributed by atoms with E-state index in [2.05, 4.69) is 34.5 Å². The lowest BCUT2D eigenvalue weighted by Gasteiger charge is -2.16. The molecule has 1 fully saturated rings. The van der Waals surface area contributed by atoms with E-state index in [1.807, 2.05) is 6.07 Å². The largest absolute Gasteiger partial charge is 0.356 e. The van der Waals surface area contributed by atoms with E-state index in [-0.39, 0.29) is 12.3 Å². The molecule has 1 atom stereocenters. The zero-order chi connectivity index (χ0) is 18.4. The van der Waals surface area contributed by atoms with Crippen molar-refractivity contribution in [1.82, 2.24) is 10.2 Å². The molecule has 1 saturated heterocycles. The minimum atomic E-state index is -0.868. The summed E-state index contributed by atoms with van der Waals surface area (Å²) in [5.74, 6) is -1.31. The van der Waals surface area contributed by atoms with E-state index >= 15 is 0 Å². The first-order valence-corrected chi connectivity index (χ1v) is 9.07. The molecule has 138 valence electrons. The van der Waals surface area contributed by atoms with Gasteiger partial charge >= 0.3 is 0 Å². The number of rotatable bonds is 7. The van der Waals surface area contributed by atoms with Gasteiger partial charge in [0.15, 0.2) is 11.6 Å². The molecule has 0 spiro atoms. The predicted molar refractivity (Wildman–Crippen MR) is 97.5 cm³/mol. The van der Waals surface area contributed by atoms with Crippen LogP contribution < -0.4 is 5.32 Å². The first-order chi connectivity index (χ1) is 12.6. The van der Waals surface area contributed by atoms with E-state index in [0.717, 1.165) is 38.2 Å². The van der Waals surface area contributed by atoms with E-state index in [1.54, 1.807) is 0 Å². The highest BCUT2D eigenvalue weighted by molar-refractivity contribution is 5.76. The third-order valence-electron chi connectivity index (χ3n) is 4.83. The Kier molecular flexibility index (Phi) is 6.34. The molecule has 0 aliphatic carbocycles. The highest BCUT2D eigenvalue weighted by atomic mass is 19.2. The van der Waals surface area contributed by atoms with E-state index in [9.17, 15) is 13.6 Å². The van der Waals surface area contributed by atoms with Crippen LogP contribution in [0.2, 0.25) is 0 Å². The number of nitrogens with one attached hydrogen (secondary N) is 1. The molecular weight excluding hydrogens is 334 g/mol. The Bertz CT molecular complexity index is 736. The molecule has 1 amide bonds. The minimum Gasteiger partial charge on any atom is -0.356 e. The lowest BCUT2D eigenvalue weighted by molar-refractivity contribution is -0.121. The summed E-state index contributed by atoms with van der Waals surface area (Å²) >= 11 is 0. The van der Waals surface area contributed by atoms with Gasteiger partial charge in [0.1, 0.15) is 0 Å². The number of aryl methyl sites for hydroxylation is 1. The van der Waals surface area contributed by atoms with Crippen LogP contribution >= 0.6 is 0 Å². The van der Waals surface area contributed by atoms with E-state index in [4.69, 9.17) is 0 Å². The molecule has 0 aromatic heterocycles. The van der Waals surface area contributed by atoms with Crippen LogP contribution in [0.5, 0.6) is 0 Å². The smallest absolute Gasteiger partial charge is 0.220 e. The van der Waals surface area contributed by atoms with Crippen LogP contribution in [0.1, 0.15) is 24.0 Å². The Morgan fingerprint density at radius 3 is 2.65 bits per heavy atom. The van der Waals surface area contributed by atoms with Crippen LogP contribution in [-0.4, -0.2) is 30.4 Å². The van der Waals surface area contributed by atoms with Gasteiger partial charge in [-0.25, -0.2) is 8.78 Å². The Morgan fingerprint density at radius 2 is 1.88 bits per heavy atom. The lowest BCUT2D eigenvalue weighted by atomic mass is 10.1. The van der Waals surface area contributed by atoms with Gasteiger partial charge in [-0.2, -0.15) is 0 Å². The third-order valence-corrected chi connectivity index (χ3v) is 4.83. The summed E-state index contributed by atoms with van der Waals surface area (Å²) in [7, 11) is 0. The van der Waals surface area contributed by atoms with Crippen molar-refractivity contribution in [3.8, 4) is 0 Å². The van der Waals surface area contributed by atoms with Crippen LogP contribution in [0.4, 0.5) is 8.78 Å². The minimum absolute atomic E-state index is 0.0451. The van der Waals surface area contributed by atoms with Crippen LogP contribution in [0.25, 0.3) is 0 Å². The first kappa shape index (κ1) is 18.5. The number of carbonyl (C=O) groups excluding carboxylic acids is 1. The Balaban J connectivity index is 1.36. The second kappa shape index (κ2) is 8.90. The van der Waals surface area contributed by atoms with Gasteiger partial charge in [-0.3, -0.25) is 9.69 Å². The molecule has 3 nitrogen and oxygen atoms in total. The fraction of sp³-hybridized carbons (Fsp3) is 0.381. The summed E-state index contributed by atoms with van der Waals surface area (Å²) in [5, 5.41) is 2.97. The third kappa shape index (κ3) is 5.36. The molecule has 0 radical (unpaired) electrons. The number of amides is 1. The highest BCUT2D eigenvalue weighted by Crippen LogP contribution is 2.18. The van der Waals surface area contributed by atoms with Crippen molar-refractivity contribution >= 4 is 5.91 Å². The SMILES string of the molecule is O=C(CCc1ccc(F)c(F)c1)NC[C@H]1CCN(Cc2ccccc2)C1.